The van der Waals surface area contributed by atoms with Gasteiger partial charge in [0.15, 0.2) is 5.96 Å². The lowest BCUT2D eigenvalue weighted by atomic mass is 10.2. The maximum absolute atomic E-state index is 4.73. The predicted octanol–water partition coefficient (Wildman–Crippen LogP) is 2.56. The van der Waals surface area contributed by atoms with Crippen molar-refractivity contribution in [3.63, 3.8) is 0 Å². The summed E-state index contributed by atoms with van der Waals surface area (Å²) in [7, 11) is 1.94. The van der Waals surface area contributed by atoms with Crippen LogP contribution in [0.5, 0.6) is 0 Å². The molecule has 0 spiro atoms. The second-order valence-corrected chi connectivity index (χ2v) is 7.41. The third kappa shape index (κ3) is 5.00. The Morgan fingerprint density at radius 1 is 1.38 bits per heavy atom. The van der Waals surface area contributed by atoms with Gasteiger partial charge in [0, 0.05) is 49.9 Å². The normalized spacial score (nSPS) is 17.6. The van der Waals surface area contributed by atoms with Crippen molar-refractivity contribution in [2.75, 3.05) is 31.1 Å². The predicted molar refractivity (Wildman–Crippen MR) is 111 cm³/mol. The Labute approximate surface area is 163 Å². The van der Waals surface area contributed by atoms with Gasteiger partial charge in [-0.3, -0.25) is 9.67 Å². The summed E-state index contributed by atoms with van der Waals surface area (Å²) in [5.74, 6) is 0.898. The van der Waals surface area contributed by atoms with Gasteiger partial charge in [-0.1, -0.05) is 12.1 Å². The quantitative estimate of drug-likeness (QED) is 0.558. The van der Waals surface area contributed by atoms with E-state index in [1.165, 1.54) is 11.3 Å². The third-order valence-corrected chi connectivity index (χ3v) is 5.17. The average molecular weight is 419 g/mol. The number of halogens is 1. The zero-order valence-electron chi connectivity index (χ0n) is 15.5. The van der Waals surface area contributed by atoms with Crippen LogP contribution in [0.15, 0.2) is 46.1 Å². The van der Waals surface area contributed by atoms with E-state index >= 15 is 0 Å². The van der Waals surface area contributed by atoms with Crippen molar-refractivity contribution >= 4 is 27.6 Å². The number of para-hydroxylation sites is 1. The number of nitrogens with zero attached hydrogens (tertiary/aromatic N) is 4. The van der Waals surface area contributed by atoms with Crippen molar-refractivity contribution in [1.82, 2.24) is 20.4 Å². The molecule has 1 fully saturated rings. The summed E-state index contributed by atoms with van der Waals surface area (Å²) in [6.07, 6.45) is 5.96. The minimum absolute atomic E-state index is 0.401. The lowest BCUT2D eigenvalue weighted by Gasteiger charge is -2.21. The SMILES string of the molecule is CCNC(=NCCc1cnn(C)c1)NC1CCN(c2ccccc2Br)C1. The van der Waals surface area contributed by atoms with Crippen LogP contribution in [-0.2, 0) is 13.5 Å². The summed E-state index contributed by atoms with van der Waals surface area (Å²) in [4.78, 5) is 7.14. The molecule has 1 aliphatic heterocycles. The molecule has 0 bridgehead atoms. The Balaban J connectivity index is 1.54. The molecule has 2 N–H and O–H groups in total. The standard InChI is InChI=1S/C19H27BrN6/c1-3-21-19(22-10-8-15-12-23-25(2)13-15)24-16-9-11-26(14-16)18-7-5-4-6-17(18)20/h4-7,12-13,16H,3,8-11,14H2,1-2H3,(H2,21,22,24). The zero-order valence-corrected chi connectivity index (χ0v) is 17.0. The summed E-state index contributed by atoms with van der Waals surface area (Å²) in [5, 5.41) is 11.2. The van der Waals surface area contributed by atoms with Gasteiger partial charge < -0.3 is 15.5 Å². The molecule has 1 saturated heterocycles. The Bertz CT molecular complexity index is 741. The highest BCUT2D eigenvalue weighted by Gasteiger charge is 2.24. The molecule has 2 heterocycles. The maximum Gasteiger partial charge on any atom is 0.191 e. The Kier molecular flexibility index (Phi) is 6.55. The highest BCUT2D eigenvalue weighted by molar-refractivity contribution is 9.10. The van der Waals surface area contributed by atoms with Gasteiger partial charge in [-0.05, 0) is 53.4 Å². The molecule has 0 radical (unpaired) electrons. The first-order valence-electron chi connectivity index (χ1n) is 9.17. The molecule has 1 aromatic carbocycles. The lowest BCUT2D eigenvalue weighted by Crippen LogP contribution is -2.44. The van der Waals surface area contributed by atoms with Crippen molar-refractivity contribution in [3.8, 4) is 0 Å². The second-order valence-electron chi connectivity index (χ2n) is 6.56. The molecule has 1 atom stereocenters. The van der Waals surface area contributed by atoms with Gasteiger partial charge in [-0.2, -0.15) is 5.10 Å². The number of guanidine groups is 1. The van der Waals surface area contributed by atoms with Crippen LogP contribution in [0.4, 0.5) is 5.69 Å². The number of aliphatic imine (C=N–C) groups is 1. The van der Waals surface area contributed by atoms with E-state index in [2.05, 4.69) is 67.8 Å². The van der Waals surface area contributed by atoms with E-state index in [1.54, 1.807) is 0 Å². The molecule has 6 nitrogen and oxygen atoms in total. The molecule has 7 heteroatoms. The average Bonchev–Trinajstić information content (AvgIpc) is 3.25. The fourth-order valence-corrected chi connectivity index (χ4v) is 3.75. The minimum Gasteiger partial charge on any atom is -0.368 e. The van der Waals surface area contributed by atoms with Crippen molar-refractivity contribution < 1.29 is 0 Å². The molecule has 0 amide bonds. The largest absolute Gasteiger partial charge is 0.368 e. The number of aromatic nitrogens is 2. The third-order valence-electron chi connectivity index (χ3n) is 4.50. The van der Waals surface area contributed by atoms with E-state index in [0.717, 1.165) is 49.5 Å². The maximum atomic E-state index is 4.73. The van der Waals surface area contributed by atoms with Crippen LogP contribution in [0.2, 0.25) is 0 Å². The molecule has 140 valence electrons. The van der Waals surface area contributed by atoms with Gasteiger partial charge in [0.1, 0.15) is 0 Å². The number of benzene rings is 1. The summed E-state index contributed by atoms with van der Waals surface area (Å²) < 4.78 is 2.98. The van der Waals surface area contributed by atoms with Crippen molar-refractivity contribution in [1.29, 1.82) is 0 Å². The molecular formula is C19H27BrN6. The second kappa shape index (κ2) is 9.07. The van der Waals surface area contributed by atoms with E-state index < -0.39 is 0 Å². The number of anilines is 1. The first kappa shape index (κ1) is 18.8. The van der Waals surface area contributed by atoms with Crippen molar-refractivity contribution in [2.24, 2.45) is 12.0 Å². The van der Waals surface area contributed by atoms with Crippen LogP contribution in [0.1, 0.15) is 18.9 Å². The molecule has 3 rings (SSSR count). The summed E-state index contributed by atoms with van der Waals surface area (Å²) >= 11 is 3.66. The van der Waals surface area contributed by atoms with Crippen LogP contribution in [-0.4, -0.2) is 48.0 Å². The van der Waals surface area contributed by atoms with Crippen LogP contribution in [0, 0.1) is 0 Å². The van der Waals surface area contributed by atoms with Gasteiger partial charge >= 0.3 is 0 Å². The monoisotopic (exact) mass is 418 g/mol. The van der Waals surface area contributed by atoms with Crippen LogP contribution < -0.4 is 15.5 Å². The van der Waals surface area contributed by atoms with E-state index in [1.807, 2.05) is 24.1 Å². The number of aryl methyl sites for hydroxylation is 1. The first-order chi connectivity index (χ1) is 12.7. The van der Waals surface area contributed by atoms with Crippen LogP contribution >= 0.6 is 15.9 Å². The Hall–Kier alpha value is -2.02. The summed E-state index contributed by atoms with van der Waals surface area (Å²) in [6.45, 7) is 5.74. The topological polar surface area (TPSA) is 57.5 Å². The van der Waals surface area contributed by atoms with Gasteiger partial charge in [-0.25, -0.2) is 0 Å². The first-order valence-corrected chi connectivity index (χ1v) is 9.97. The van der Waals surface area contributed by atoms with Crippen molar-refractivity contribution in [2.45, 2.75) is 25.8 Å². The molecule has 1 aromatic heterocycles. The number of rotatable bonds is 6. The van der Waals surface area contributed by atoms with Gasteiger partial charge in [-0.15, -0.1) is 0 Å². The molecular weight excluding hydrogens is 392 g/mol. The van der Waals surface area contributed by atoms with Gasteiger partial charge in [0.2, 0.25) is 0 Å². The Morgan fingerprint density at radius 2 is 2.23 bits per heavy atom. The molecule has 1 aliphatic rings. The van der Waals surface area contributed by atoms with Crippen LogP contribution in [0.25, 0.3) is 0 Å². The molecule has 0 saturated carbocycles. The smallest absolute Gasteiger partial charge is 0.191 e. The fraction of sp³-hybridized carbons (Fsp3) is 0.474. The van der Waals surface area contributed by atoms with E-state index in [-0.39, 0.29) is 0 Å². The Morgan fingerprint density at radius 3 is 2.96 bits per heavy atom. The van der Waals surface area contributed by atoms with Gasteiger partial charge in [0.25, 0.3) is 0 Å². The number of hydrogen-bond acceptors (Lipinski definition) is 3. The highest BCUT2D eigenvalue weighted by atomic mass is 79.9. The molecule has 1 unspecified atom stereocenters. The van der Waals surface area contributed by atoms with Crippen molar-refractivity contribution in [3.05, 3.63) is 46.7 Å². The zero-order chi connectivity index (χ0) is 18.4. The highest BCUT2D eigenvalue weighted by Crippen LogP contribution is 2.28. The number of hydrogen-bond donors (Lipinski definition) is 2. The van der Waals surface area contributed by atoms with E-state index in [0.29, 0.717) is 6.04 Å². The summed E-state index contributed by atoms with van der Waals surface area (Å²) in [5.41, 5.74) is 2.48. The fourth-order valence-electron chi connectivity index (χ4n) is 3.22. The minimum atomic E-state index is 0.401. The molecule has 2 aromatic rings. The summed E-state index contributed by atoms with van der Waals surface area (Å²) in [6, 6.07) is 8.81. The molecule has 0 aliphatic carbocycles. The van der Waals surface area contributed by atoms with E-state index in [4.69, 9.17) is 4.99 Å². The van der Waals surface area contributed by atoms with Gasteiger partial charge in [0.05, 0.1) is 11.9 Å². The molecule has 26 heavy (non-hydrogen) atoms. The number of nitrogens with one attached hydrogen (secondary N) is 2. The lowest BCUT2D eigenvalue weighted by molar-refractivity contribution is 0.649. The van der Waals surface area contributed by atoms with E-state index in [9.17, 15) is 0 Å². The van der Waals surface area contributed by atoms with Crippen LogP contribution in [0.3, 0.4) is 0 Å².